The first-order valence-corrected chi connectivity index (χ1v) is 6.42. The third-order valence-electron chi connectivity index (χ3n) is 3.33. The fraction of sp³-hybridized carbons (Fsp3) is 0.500. The predicted octanol–water partition coefficient (Wildman–Crippen LogP) is 0.940. The van der Waals surface area contributed by atoms with Crippen LogP contribution in [0.15, 0.2) is 30.3 Å². The summed E-state index contributed by atoms with van der Waals surface area (Å²) in [5.74, 6) is 0.878. The first kappa shape index (κ1) is 12.1. The van der Waals surface area contributed by atoms with E-state index in [1.54, 1.807) is 0 Å². The second-order valence-corrected chi connectivity index (χ2v) is 5.04. The maximum absolute atomic E-state index is 11.9. The lowest BCUT2D eigenvalue weighted by Crippen LogP contribution is -3.14. The Balaban J connectivity index is 1.81. The van der Waals surface area contributed by atoms with Gasteiger partial charge in [0.15, 0.2) is 6.54 Å². The summed E-state index contributed by atoms with van der Waals surface area (Å²) in [4.78, 5) is 13.3. The van der Waals surface area contributed by atoms with Gasteiger partial charge in [0.25, 0.3) is 5.91 Å². The first-order valence-electron chi connectivity index (χ1n) is 6.42. The minimum Gasteiger partial charge on any atom is -0.327 e. The highest BCUT2D eigenvalue weighted by atomic mass is 16.2. The van der Waals surface area contributed by atoms with Gasteiger partial charge in [-0.2, -0.15) is 0 Å². The van der Waals surface area contributed by atoms with Crippen molar-refractivity contribution in [3.05, 3.63) is 30.3 Å². The number of likely N-dealkylation sites (tertiary alicyclic amines) is 1. The van der Waals surface area contributed by atoms with Crippen LogP contribution in [-0.4, -0.2) is 25.5 Å². The van der Waals surface area contributed by atoms with E-state index in [0.29, 0.717) is 6.54 Å². The molecule has 3 nitrogen and oxygen atoms in total. The monoisotopic (exact) mass is 233 g/mol. The second kappa shape index (κ2) is 5.82. The molecule has 0 aliphatic carbocycles. The van der Waals surface area contributed by atoms with Crippen molar-refractivity contribution in [1.29, 1.82) is 0 Å². The predicted molar refractivity (Wildman–Crippen MR) is 69.0 cm³/mol. The average molecular weight is 233 g/mol. The van der Waals surface area contributed by atoms with E-state index in [0.717, 1.165) is 24.7 Å². The fourth-order valence-corrected chi connectivity index (χ4v) is 2.51. The molecule has 1 aliphatic rings. The molecule has 1 unspecified atom stereocenters. The molecule has 17 heavy (non-hydrogen) atoms. The van der Waals surface area contributed by atoms with E-state index in [1.165, 1.54) is 17.7 Å². The van der Waals surface area contributed by atoms with Gasteiger partial charge in [-0.25, -0.2) is 0 Å². The molecule has 2 atom stereocenters. The van der Waals surface area contributed by atoms with Crippen molar-refractivity contribution in [2.24, 2.45) is 5.92 Å². The van der Waals surface area contributed by atoms with Crippen molar-refractivity contribution in [1.82, 2.24) is 0 Å². The Bertz CT molecular complexity index is 364. The number of rotatable bonds is 3. The molecule has 1 aliphatic heterocycles. The molecular weight excluding hydrogens is 212 g/mol. The minimum atomic E-state index is 0.125. The largest absolute Gasteiger partial charge is 0.327 e. The molecule has 0 radical (unpaired) electrons. The molecule has 1 heterocycles. The van der Waals surface area contributed by atoms with Crippen LogP contribution in [0.1, 0.15) is 19.8 Å². The molecule has 0 bridgehead atoms. The zero-order valence-corrected chi connectivity index (χ0v) is 10.4. The Morgan fingerprint density at radius 1 is 1.41 bits per heavy atom. The first-order chi connectivity index (χ1) is 8.24. The molecule has 1 saturated heterocycles. The zero-order chi connectivity index (χ0) is 12.1. The van der Waals surface area contributed by atoms with Crippen LogP contribution in [-0.2, 0) is 4.79 Å². The van der Waals surface area contributed by atoms with E-state index in [9.17, 15) is 4.79 Å². The lowest BCUT2D eigenvalue weighted by Gasteiger charge is -2.27. The average Bonchev–Trinajstić information content (AvgIpc) is 2.30. The molecule has 1 aromatic carbocycles. The number of piperidine rings is 1. The number of carbonyl (C=O) groups is 1. The minimum absolute atomic E-state index is 0.125. The summed E-state index contributed by atoms with van der Waals surface area (Å²) < 4.78 is 0. The van der Waals surface area contributed by atoms with Crippen molar-refractivity contribution >= 4 is 11.6 Å². The van der Waals surface area contributed by atoms with Gasteiger partial charge in [0.05, 0.1) is 13.1 Å². The Morgan fingerprint density at radius 3 is 2.88 bits per heavy atom. The van der Waals surface area contributed by atoms with E-state index in [-0.39, 0.29) is 5.91 Å². The van der Waals surface area contributed by atoms with E-state index in [4.69, 9.17) is 0 Å². The van der Waals surface area contributed by atoms with Crippen LogP contribution < -0.4 is 10.2 Å². The van der Waals surface area contributed by atoms with Gasteiger partial charge >= 0.3 is 0 Å². The smallest absolute Gasteiger partial charge is 0.279 e. The zero-order valence-electron chi connectivity index (χ0n) is 10.4. The van der Waals surface area contributed by atoms with Crippen molar-refractivity contribution in [2.75, 3.05) is 25.0 Å². The molecule has 1 aromatic rings. The van der Waals surface area contributed by atoms with Gasteiger partial charge in [0.1, 0.15) is 0 Å². The van der Waals surface area contributed by atoms with Crippen LogP contribution in [0.2, 0.25) is 0 Å². The van der Waals surface area contributed by atoms with Crippen LogP contribution in [0.3, 0.4) is 0 Å². The quantitative estimate of drug-likeness (QED) is 0.800. The molecule has 92 valence electrons. The fourth-order valence-electron chi connectivity index (χ4n) is 2.51. The van der Waals surface area contributed by atoms with E-state index >= 15 is 0 Å². The number of anilines is 1. The van der Waals surface area contributed by atoms with Gasteiger partial charge < -0.3 is 10.2 Å². The Kier molecular flexibility index (Phi) is 4.15. The van der Waals surface area contributed by atoms with Gasteiger partial charge in [-0.1, -0.05) is 25.1 Å². The molecular formula is C14H21N2O+. The molecule has 2 rings (SSSR count). The molecule has 0 aromatic heterocycles. The maximum atomic E-state index is 11.9. The SMILES string of the molecule is C[C@@H]1CCC[NH+](CC(=O)Nc2ccccc2)C1. The Morgan fingerprint density at radius 2 is 2.18 bits per heavy atom. The number of benzene rings is 1. The number of hydrogen-bond acceptors (Lipinski definition) is 1. The van der Waals surface area contributed by atoms with Gasteiger partial charge in [-0.15, -0.1) is 0 Å². The summed E-state index contributed by atoms with van der Waals surface area (Å²) in [5.41, 5.74) is 0.891. The van der Waals surface area contributed by atoms with E-state index in [1.807, 2.05) is 30.3 Å². The molecule has 0 saturated carbocycles. The summed E-state index contributed by atoms with van der Waals surface area (Å²) in [6, 6.07) is 9.67. The highest BCUT2D eigenvalue weighted by molar-refractivity contribution is 5.91. The lowest BCUT2D eigenvalue weighted by molar-refractivity contribution is -0.900. The van der Waals surface area contributed by atoms with Crippen LogP contribution in [0.25, 0.3) is 0 Å². The van der Waals surface area contributed by atoms with Gasteiger partial charge in [0, 0.05) is 11.6 Å². The topological polar surface area (TPSA) is 33.5 Å². The van der Waals surface area contributed by atoms with Gasteiger partial charge in [-0.05, 0) is 25.0 Å². The summed E-state index contributed by atoms with van der Waals surface area (Å²) in [6.07, 6.45) is 2.55. The third-order valence-corrected chi connectivity index (χ3v) is 3.33. The number of hydrogen-bond donors (Lipinski definition) is 2. The van der Waals surface area contributed by atoms with E-state index < -0.39 is 0 Å². The molecule has 2 N–H and O–H groups in total. The van der Waals surface area contributed by atoms with Crippen molar-refractivity contribution < 1.29 is 9.69 Å². The van der Waals surface area contributed by atoms with Crippen LogP contribution in [0, 0.1) is 5.92 Å². The second-order valence-electron chi connectivity index (χ2n) is 5.04. The van der Waals surface area contributed by atoms with Crippen LogP contribution in [0.4, 0.5) is 5.69 Å². The van der Waals surface area contributed by atoms with Gasteiger partial charge in [-0.3, -0.25) is 4.79 Å². The molecule has 0 spiro atoms. The highest BCUT2D eigenvalue weighted by Crippen LogP contribution is 2.05. The summed E-state index contributed by atoms with van der Waals surface area (Å²) in [6.45, 7) is 5.13. The Hall–Kier alpha value is -1.35. The number of para-hydroxylation sites is 1. The molecule has 1 amide bonds. The number of quaternary nitrogens is 1. The van der Waals surface area contributed by atoms with Crippen molar-refractivity contribution in [3.63, 3.8) is 0 Å². The number of carbonyl (C=O) groups excluding carboxylic acids is 1. The summed E-state index contributed by atoms with van der Waals surface area (Å²) >= 11 is 0. The maximum Gasteiger partial charge on any atom is 0.279 e. The lowest BCUT2D eigenvalue weighted by atomic mass is 10.0. The standard InChI is InChI=1S/C14H20N2O/c1-12-6-5-9-16(10-12)11-14(17)15-13-7-3-2-4-8-13/h2-4,7-8,12H,5-6,9-11H2,1H3,(H,15,17)/p+1/t12-/m1/s1. The molecule has 1 fully saturated rings. The number of amides is 1. The normalized spacial score (nSPS) is 24.3. The summed E-state index contributed by atoms with van der Waals surface area (Å²) in [7, 11) is 0. The highest BCUT2D eigenvalue weighted by Gasteiger charge is 2.21. The summed E-state index contributed by atoms with van der Waals surface area (Å²) in [5, 5.41) is 2.94. The third kappa shape index (κ3) is 3.86. The van der Waals surface area contributed by atoms with E-state index in [2.05, 4.69) is 12.2 Å². The van der Waals surface area contributed by atoms with Crippen molar-refractivity contribution in [3.8, 4) is 0 Å². The number of nitrogens with one attached hydrogen (secondary N) is 2. The van der Waals surface area contributed by atoms with Crippen molar-refractivity contribution in [2.45, 2.75) is 19.8 Å². The van der Waals surface area contributed by atoms with Crippen LogP contribution >= 0.6 is 0 Å². The Labute approximate surface area is 103 Å². The van der Waals surface area contributed by atoms with Gasteiger partial charge in [0.2, 0.25) is 0 Å². The molecule has 3 heteroatoms. The van der Waals surface area contributed by atoms with Crippen LogP contribution in [0.5, 0.6) is 0 Å².